The van der Waals surface area contributed by atoms with Gasteiger partial charge in [0.05, 0.1) is 27.9 Å². The molecule has 1 aliphatic rings. The molecule has 0 radical (unpaired) electrons. The van der Waals surface area contributed by atoms with Crippen LogP contribution >= 0.6 is 0 Å². The highest BCUT2D eigenvalue weighted by Gasteiger charge is 2.17. The van der Waals surface area contributed by atoms with Crippen LogP contribution in [0.25, 0.3) is 0 Å². The number of rotatable bonds is 12. The molecule has 11 nitrogen and oxygen atoms in total. The largest absolute Gasteiger partial charge is 0.494 e. The van der Waals surface area contributed by atoms with Crippen molar-refractivity contribution in [2.75, 3.05) is 41.3 Å². The zero-order valence-electron chi connectivity index (χ0n) is 23.5. The summed E-state index contributed by atoms with van der Waals surface area (Å²) in [4.78, 5) is 20.6. The summed E-state index contributed by atoms with van der Waals surface area (Å²) in [5.74, 6) is 0.745. The lowest BCUT2D eigenvalue weighted by atomic mass is 10.1. The predicted molar refractivity (Wildman–Crippen MR) is 149 cm³/mol. The van der Waals surface area contributed by atoms with E-state index in [4.69, 9.17) is 48.2 Å². The van der Waals surface area contributed by atoms with Gasteiger partial charge in [0.25, 0.3) is 0 Å². The van der Waals surface area contributed by atoms with Gasteiger partial charge in [-0.1, -0.05) is 18.2 Å². The summed E-state index contributed by atoms with van der Waals surface area (Å²) < 4.78 is 33.2. The van der Waals surface area contributed by atoms with Gasteiger partial charge in [-0.15, -0.1) is 0 Å². The van der Waals surface area contributed by atoms with Crippen molar-refractivity contribution in [3.8, 4) is 34.5 Å². The van der Waals surface area contributed by atoms with Crippen LogP contribution in [0.4, 0.5) is 0 Å². The number of carbonyl (C=O) groups is 2. The maximum absolute atomic E-state index is 9.10. The van der Waals surface area contributed by atoms with E-state index >= 15 is 0 Å². The first-order valence-corrected chi connectivity index (χ1v) is 12.9. The number of ether oxygens (including phenoxy) is 6. The number of benzene rings is 3. The molecule has 0 amide bonds. The lowest BCUT2D eigenvalue weighted by Crippen LogP contribution is -2.25. The van der Waals surface area contributed by atoms with Crippen LogP contribution in [0, 0.1) is 0 Å². The smallest absolute Gasteiger partial charge is 0.414 e. The molecule has 0 saturated heterocycles. The first-order chi connectivity index (χ1) is 19.8. The third-order valence-corrected chi connectivity index (χ3v) is 6.11. The number of carboxylic acids is 2. The highest BCUT2D eigenvalue weighted by molar-refractivity contribution is 6.27. The molecule has 3 aromatic rings. The number of fused-ring (bicyclic) bond motifs is 1. The third-order valence-electron chi connectivity index (χ3n) is 6.11. The highest BCUT2D eigenvalue weighted by atomic mass is 16.7. The van der Waals surface area contributed by atoms with Crippen LogP contribution < -0.4 is 28.4 Å². The number of hydrogen-bond donors (Lipinski definition) is 2. The van der Waals surface area contributed by atoms with Gasteiger partial charge in [0, 0.05) is 19.6 Å². The minimum atomic E-state index is -1.82. The van der Waals surface area contributed by atoms with E-state index in [2.05, 4.69) is 29.2 Å². The molecule has 220 valence electrons. The van der Waals surface area contributed by atoms with E-state index in [1.54, 1.807) is 21.3 Å². The summed E-state index contributed by atoms with van der Waals surface area (Å²) in [5, 5.41) is 14.8. The van der Waals surface area contributed by atoms with Gasteiger partial charge < -0.3 is 38.6 Å². The van der Waals surface area contributed by atoms with E-state index in [1.165, 1.54) is 11.1 Å². The quantitative estimate of drug-likeness (QED) is 0.304. The van der Waals surface area contributed by atoms with Crippen LogP contribution in [-0.4, -0.2) is 68.3 Å². The number of aliphatic carboxylic acids is 2. The molecule has 4 rings (SSSR count). The van der Waals surface area contributed by atoms with Gasteiger partial charge in [0.2, 0.25) is 12.5 Å². The Morgan fingerprint density at radius 1 is 0.780 bits per heavy atom. The molecular formula is C30H35NO10. The van der Waals surface area contributed by atoms with Crippen LogP contribution in [0.1, 0.15) is 23.6 Å². The van der Waals surface area contributed by atoms with Crippen LogP contribution in [-0.2, 0) is 29.1 Å². The first kappa shape index (κ1) is 30.9. The van der Waals surface area contributed by atoms with Gasteiger partial charge >= 0.3 is 11.9 Å². The van der Waals surface area contributed by atoms with Crippen molar-refractivity contribution in [2.24, 2.45) is 0 Å². The SMILES string of the molecule is CCOc1ccc(CN(CCc2ccc3c(c2)OCO3)Cc2cc(OC)c(OC)c(OC)c2)cc1.O=C(O)C(=O)O. The lowest BCUT2D eigenvalue weighted by molar-refractivity contribution is -0.159. The summed E-state index contributed by atoms with van der Waals surface area (Å²) >= 11 is 0. The maximum Gasteiger partial charge on any atom is 0.414 e. The van der Waals surface area contributed by atoms with E-state index in [0.29, 0.717) is 30.4 Å². The molecular weight excluding hydrogens is 534 g/mol. The number of methoxy groups -OCH3 is 3. The molecule has 41 heavy (non-hydrogen) atoms. The molecule has 0 unspecified atom stereocenters. The normalized spacial score (nSPS) is 11.3. The number of carboxylic acid groups (broad SMARTS) is 2. The maximum atomic E-state index is 9.10. The second kappa shape index (κ2) is 15.2. The van der Waals surface area contributed by atoms with E-state index < -0.39 is 11.9 Å². The average molecular weight is 570 g/mol. The zero-order valence-corrected chi connectivity index (χ0v) is 23.5. The van der Waals surface area contributed by atoms with E-state index in [-0.39, 0.29) is 6.79 Å². The zero-order chi connectivity index (χ0) is 29.8. The summed E-state index contributed by atoms with van der Waals surface area (Å²) in [5.41, 5.74) is 3.50. The fourth-order valence-electron chi connectivity index (χ4n) is 4.20. The lowest BCUT2D eigenvalue weighted by Gasteiger charge is -2.24. The Labute approximate surface area is 238 Å². The topological polar surface area (TPSA) is 133 Å². The second-order valence-electron chi connectivity index (χ2n) is 8.87. The summed E-state index contributed by atoms with van der Waals surface area (Å²) in [6, 6.07) is 18.4. The van der Waals surface area contributed by atoms with Crippen molar-refractivity contribution in [1.82, 2.24) is 4.90 Å². The van der Waals surface area contributed by atoms with Crippen molar-refractivity contribution < 1.29 is 48.2 Å². The van der Waals surface area contributed by atoms with Crippen molar-refractivity contribution in [2.45, 2.75) is 26.4 Å². The van der Waals surface area contributed by atoms with Crippen LogP contribution in [0.3, 0.4) is 0 Å². The van der Waals surface area contributed by atoms with Crippen LogP contribution in [0.5, 0.6) is 34.5 Å². The monoisotopic (exact) mass is 569 g/mol. The Morgan fingerprint density at radius 2 is 1.37 bits per heavy atom. The van der Waals surface area contributed by atoms with Gasteiger partial charge in [-0.05, 0) is 66.4 Å². The number of nitrogens with zero attached hydrogens (tertiary/aromatic N) is 1. The average Bonchev–Trinajstić information content (AvgIpc) is 3.45. The minimum Gasteiger partial charge on any atom is -0.494 e. The standard InChI is InChI=1S/C28H33NO6.C2H2O4/c1-5-33-23-9-6-21(7-10-23)17-29(13-12-20-8-11-24-25(14-20)35-19-34-24)18-22-15-26(30-2)28(32-4)27(16-22)31-3;3-1(4)2(5)6/h6-11,14-16H,5,12-13,17-19H2,1-4H3;(H,3,4)(H,5,6). The van der Waals surface area contributed by atoms with Gasteiger partial charge in [0.1, 0.15) is 5.75 Å². The Morgan fingerprint density at radius 3 is 1.93 bits per heavy atom. The summed E-state index contributed by atoms with van der Waals surface area (Å²) in [6.45, 7) is 5.28. The van der Waals surface area contributed by atoms with Crippen molar-refractivity contribution in [3.05, 3.63) is 71.3 Å². The molecule has 1 heterocycles. The number of hydrogen-bond acceptors (Lipinski definition) is 9. The Balaban J connectivity index is 0.000000696. The Hall–Kier alpha value is -4.64. The predicted octanol–water partition coefficient (Wildman–Crippen LogP) is 4.24. The molecule has 0 atom stereocenters. The Kier molecular flexibility index (Phi) is 11.5. The molecule has 3 aromatic carbocycles. The molecule has 0 saturated carbocycles. The van der Waals surface area contributed by atoms with Crippen molar-refractivity contribution in [3.63, 3.8) is 0 Å². The van der Waals surface area contributed by atoms with E-state index in [9.17, 15) is 0 Å². The molecule has 0 bridgehead atoms. The fourth-order valence-corrected chi connectivity index (χ4v) is 4.20. The molecule has 0 aromatic heterocycles. The van der Waals surface area contributed by atoms with E-state index in [1.807, 2.05) is 37.3 Å². The molecule has 2 N–H and O–H groups in total. The summed E-state index contributed by atoms with van der Waals surface area (Å²) in [7, 11) is 4.89. The van der Waals surface area contributed by atoms with Gasteiger partial charge in [-0.25, -0.2) is 9.59 Å². The molecule has 1 aliphatic heterocycles. The molecule has 0 fully saturated rings. The fraction of sp³-hybridized carbons (Fsp3) is 0.333. The summed E-state index contributed by atoms with van der Waals surface area (Å²) in [6.07, 6.45) is 0.873. The van der Waals surface area contributed by atoms with Crippen molar-refractivity contribution >= 4 is 11.9 Å². The van der Waals surface area contributed by atoms with Crippen LogP contribution in [0.2, 0.25) is 0 Å². The van der Waals surface area contributed by atoms with Crippen LogP contribution in [0.15, 0.2) is 54.6 Å². The van der Waals surface area contributed by atoms with Gasteiger partial charge in [-0.2, -0.15) is 0 Å². The van der Waals surface area contributed by atoms with Crippen molar-refractivity contribution in [1.29, 1.82) is 0 Å². The molecule has 11 heteroatoms. The molecule has 0 spiro atoms. The van der Waals surface area contributed by atoms with E-state index in [0.717, 1.165) is 42.3 Å². The minimum absolute atomic E-state index is 0.282. The highest BCUT2D eigenvalue weighted by Crippen LogP contribution is 2.38. The van der Waals surface area contributed by atoms with Gasteiger partial charge in [-0.3, -0.25) is 4.90 Å². The van der Waals surface area contributed by atoms with Gasteiger partial charge in [0.15, 0.2) is 23.0 Å². The first-order valence-electron chi connectivity index (χ1n) is 12.9. The third kappa shape index (κ3) is 8.94. The second-order valence-corrected chi connectivity index (χ2v) is 8.87. The molecule has 0 aliphatic carbocycles. The Bertz CT molecular complexity index is 1270.